The van der Waals surface area contributed by atoms with E-state index in [1.54, 1.807) is 24.0 Å². The number of hydrogen-bond donors (Lipinski definition) is 0. The maximum atomic E-state index is 12.9. The van der Waals surface area contributed by atoms with Crippen LogP contribution in [-0.2, 0) is 22.6 Å². The smallest absolute Gasteiger partial charge is 0.344 e. The van der Waals surface area contributed by atoms with Gasteiger partial charge in [0.25, 0.3) is 5.91 Å². The molecule has 0 radical (unpaired) electrons. The summed E-state index contributed by atoms with van der Waals surface area (Å²) in [5.74, 6) is -0.722. The summed E-state index contributed by atoms with van der Waals surface area (Å²) < 4.78 is 10.6. The van der Waals surface area contributed by atoms with Crippen molar-refractivity contribution < 1.29 is 19.1 Å². The van der Waals surface area contributed by atoms with Crippen LogP contribution in [0.1, 0.15) is 28.4 Å². The van der Waals surface area contributed by atoms with Gasteiger partial charge < -0.3 is 14.4 Å². The standard InChI is InChI=1S/C24H24N2O4/c1-2-29-23-21(14-9-15-25-23)24(28)30-18-22(27)26(16-19-10-5-3-6-11-19)17-20-12-7-4-8-13-20/h3-15H,2,16-18H2,1H3. The molecule has 0 saturated heterocycles. The molecular formula is C24H24N2O4. The number of aromatic nitrogens is 1. The molecule has 0 atom stereocenters. The molecule has 0 aliphatic rings. The molecule has 0 spiro atoms. The number of nitrogens with zero attached hydrogens (tertiary/aromatic N) is 2. The van der Waals surface area contributed by atoms with Gasteiger partial charge in [-0.15, -0.1) is 0 Å². The van der Waals surface area contributed by atoms with Crippen molar-refractivity contribution in [2.24, 2.45) is 0 Å². The maximum absolute atomic E-state index is 12.9. The van der Waals surface area contributed by atoms with Gasteiger partial charge in [0.2, 0.25) is 5.88 Å². The number of carbonyl (C=O) groups excluding carboxylic acids is 2. The Balaban J connectivity index is 1.69. The van der Waals surface area contributed by atoms with E-state index in [1.807, 2.05) is 60.7 Å². The van der Waals surface area contributed by atoms with Gasteiger partial charge in [-0.05, 0) is 30.2 Å². The van der Waals surface area contributed by atoms with Crippen molar-refractivity contribution in [3.05, 3.63) is 95.7 Å². The summed E-state index contributed by atoms with van der Waals surface area (Å²) in [6, 6.07) is 22.6. The normalized spacial score (nSPS) is 10.3. The van der Waals surface area contributed by atoms with Crippen LogP contribution in [0.5, 0.6) is 5.88 Å². The van der Waals surface area contributed by atoms with Gasteiger partial charge in [0.1, 0.15) is 5.56 Å². The number of esters is 1. The summed E-state index contributed by atoms with van der Waals surface area (Å²) >= 11 is 0. The zero-order chi connectivity index (χ0) is 21.2. The number of hydrogen-bond acceptors (Lipinski definition) is 5. The molecule has 1 aromatic heterocycles. The predicted octanol–water partition coefficient (Wildman–Crippen LogP) is 3.87. The van der Waals surface area contributed by atoms with Crippen LogP contribution in [0.4, 0.5) is 0 Å². The van der Waals surface area contributed by atoms with E-state index in [0.717, 1.165) is 11.1 Å². The van der Waals surface area contributed by atoms with E-state index in [9.17, 15) is 9.59 Å². The van der Waals surface area contributed by atoms with Gasteiger partial charge in [0, 0.05) is 19.3 Å². The second-order valence-electron chi connectivity index (χ2n) is 6.59. The van der Waals surface area contributed by atoms with E-state index >= 15 is 0 Å². The molecule has 0 N–H and O–H groups in total. The van der Waals surface area contributed by atoms with E-state index < -0.39 is 5.97 Å². The van der Waals surface area contributed by atoms with Gasteiger partial charge in [0.15, 0.2) is 6.61 Å². The first kappa shape index (κ1) is 21.0. The van der Waals surface area contributed by atoms with Crippen molar-refractivity contribution >= 4 is 11.9 Å². The zero-order valence-corrected chi connectivity index (χ0v) is 16.9. The lowest BCUT2D eigenvalue weighted by atomic mass is 10.1. The highest BCUT2D eigenvalue weighted by Crippen LogP contribution is 2.16. The average Bonchev–Trinajstić information content (AvgIpc) is 2.79. The summed E-state index contributed by atoms with van der Waals surface area (Å²) in [4.78, 5) is 31.1. The van der Waals surface area contributed by atoms with Crippen molar-refractivity contribution in [1.29, 1.82) is 0 Å². The summed E-state index contributed by atoms with van der Waals surface area (Å²) in [5, 5.41) is 0. The van der Waals surface area contributed by atoms with E-state index in [2.05, 4.69) is 4.98 Å². The van der Waals surface area contributed by atoms with Crippen molar-refractivity contribution in [3.63, 3.8) is 0 Å². The van der Waals surface area contributed by atoms with Gasteiger partial charge in [-0.2, -0.15) is 0 Å². The molecule has 0 saturated carbocycles. The third-order valence-electron chi connectivity index (χ3n) is 4.38. The second-order valence-corrected chi connectivity index (χ2v) is 6.59. The van der Waals surface area contributed by atoms with Crippen molar-refractivity contribution in [2.45, 2.75) is 20.0 Å². The number of carbonyl (C=O) groups is 2. The third-order valence-corrected chi connectivity index (χ3v) is 4.38. The summed E-state index contributed by atoms with van der Waals surface area (Å²) in [5.41, 5.74) is 2.20. The van der Waals surface area contributed by atoms with E-state index in [4.69, 9.17) is 9.47 Å². The molecule has 6 nitrogen and oxygen atoms in total. The molecule has 3 aromatic rings. The minimum absolute atomic E-state index is 0.197. The Morgan fingerprint density at radius 3 is 2.03 bits per heavy atom. The van der Waals surface area contributed by atoms with Crippen LogP contribution in [0.25, 0.3) is 0 Å². The Morgan fingerprint density at radius 1 is 0.867 bits per heavy atom. The maximum Gasteiger partial charge on any atom is 0.344 e. The number of benzene rings is 2. The van der Waals surface area contributed by atoms with Crippen LogP contribution < -0.4 is 4.74 Å². The topological polar surface area (TPSA) is 68.7 Å². The Bertz CT molecular complexity index is 920. The largest absolute Gasteiger partial charge is 0.477 e. The van der Waals surface area contributed by atoms with Crippen LogP contribution in [-0.4, -0.2) is 35.0 Å². The van der Waals surface area contributed by atoms with Gasteiger partial charge in [-0.3, -0.25) is 4.79 Å². The number of ether oxygens (including phenoxy) is 2. The molecule has 0 bridgehead atoms. The molecule has 2 aromatic carbocycles. The fourth-order valence-corrected chi connectivity index (χ4v) is 2.93. The Kier molecular flexibility index (Phi) is 7.55. The molecular weight excluding hydrogens is 380 g/mol. The molecule has 3 rings (SSSR count). The van der Waals surface area contributed by atoms with Gasteiger partial charge in [-0.1, -0.05) is 60.7 Å². The van der Waals surface area contributed by atoms with Crippen LogP contribution in [0.2, 0.25) is 0 Å². The lowest BCUT2D eigenvalue weighted by molar-refractivity contribution is -0.135. The average molecular weight is 404 g/mol. The van der Waals surface area contributed by atoms with E-state index in [-0.39, 0.29) is 24.0 Å². The van der Waals surface area contributed by atoms with E-state index in [0.29, 0.717) is 19.7 Å². The first-order chi connectivity index (χ1) is 14.7. The van der Waals surface area contributed by atoms with Crippen LogP contribution >= 0.6 is 0 Å². The lowest BCUT2D eigenvalue weighted by Crippen LogP contribution is -2.34. The third kappa shape index (κ3) is 5.91. The SMILES string of the molecule is CCOc1ncccc1C(=O)OCC(=O)N(Cc1ccccc1)Cc1ccccc1. The summed E-state index contributed by atoms with van der Waals surface area (Å²) in [6.45, 7) is 2.65. The molecule has 6 heteroatoms. The minimum Gasteiger partial charge on any atom is -0.477 e. The molecule has 30 heavy (non-hydrogen) atoms. The monoisotopic (exact) mass is 404 g/mol. The Labute approximate surface area is 176 Å². The number of pyridine rings is 1. The number of amides is 1. The molecule has 0 fully saturated rings. The quantitative estimate of drug-likeness (QED) is 0.507. The Hall–Kier alpha value is -3.67. The Morgan fingerprint density at radius 2 is 1.47 bits per heavy atom. The molecule has 1 heterocycles. The highest BCUT2D eigenvalue weighted by Gasteiger charge is 2.20. The van der Waals surface area contributed by atoms with Gasteiger partial charge >= 0.3 is 5.97 Å². The number of rotatable bonds is 9. The molecule has 154 valence electrons. The highest BCUT2D eigenvalue weighted by atomic mass is 16.5. The van der Waals surface area contributed by atoms with Gasteiger partial charge in [-0.25, -0.2) is 9.78 Å². The van der Waals surface area contributed by atoms with Crippen LogP contribution in [0, 0.1) is 0 Å². The first-order valence-electron chi connectivity index (χ1n) is 9.78. The van der Waals surface area contributed by atoms with Crippen molar-refractivity contribution in [2.75, 3.05) is 13.2 Å². The van der Waals surface area contributed by atoms with Crippen LogP contribution in [0.15, 0.2) is 79.0 Å². The van der Waals surface area contributed by atoms with Crippen molar-refractivity contribution in [3.8, 4) is 5.88 Å². The molecule has 0 aliphatic heterocycles. The van der Waals surface area contributed by atoms with Crippen LogP contribution in [0.3, 0.4) is 0 Å². The fourth-order valence-electron chi connectivity index (χ4n) is 2.93. The molecule has 1 amide bonds. The van der Waals surface area contributed by atoms with Gasteiger partial charge in [0.05, 0.1) is 6.61 Å². The summed E-state index contributed by atoms with van der Waals surface area (Å²) in [6.07, 6.45) is 1.54. The minimum atomic E-state index is -0.640. The van der Waals surface area contributed by atoms with Crippen molar-refractivity contribution in [1.82, 2.24) is 9.88 Å². The zero-order valence-electron chi connectivity index (χ0n) is 16.9. The predicted molar refractivity (Wildman–Crippen MR) is 113 cm³/mol. The molecule has 0 aliphatic carbocycles. The highest BCUT2D eigenvalue weighted by molar-refractivity contribution is 5.93. The van der Waals surface area contributed by atoms with E-state index in [1.165, 1.54) is 6.20 Å². The summed E-state index contributed by atoms with van der Waals surface area (Å²) in [7, 11) is 0. The fraction of sp³-hybridized carbons (Fsp3) is 0.208. The second kappa shape index (κ2) is 10.8. The lowest BCUT2D eigenvalue weighted by Gasteiger charge is -2.23. The first-order valence-corrected chi connectivity index (χ1v) is 9.78. The molecule has 0 unspecified atom stereocenters.